The van der Waals surface area contributed by atoms with Crippen molar-refractivity contribution in [3.8, 4) is 0 Å². The summed E-state index contributed by atoms with van der Waals surface area (Å²) < 4.78 is 3.33. The third-order valence-electron chi connectivity index (χ3n) is 2.05. The SMILES string of the molecule is C[C@@H]1CNSc2cnccc2C1. The van der Waals surface area contributed by atoms with Crippen molar-refractivity contribution in [1.29, 1.82) is 0 Å². The van der Waals surface area contributed by atoms with E-state index in [1.54, 1.807) is 11.9 Å². The molecule has 0 aliphatic carbocycles. The number of nitrogens with one attached hydrogen (secondary N) is 1. The maximum Gasteiger partial charge on any atom is 0.0443 e. The molecule has 0 bridgehead atoms. The van der Waals surface area contributed by atoms with Gasteiger partial charge in [-0.05, 0) is 35.9 Å². The third-order valence-corrected chi connectivity index (χ3v) is 2.95. The average molecular weight is 180 g/mol. The van der Waals surface area contributed by atoms with E-state index < -0.39 is 0 Å². The van der Waals surface area contributed by atoms with Crippen LogP contribution in [-0.2, 0) is 6.42 Å². The molecule has 0 saturated carbocycles. The van der Waals surface area contributed by atoms with E-state index >= 15 is 0 Å². The first kappa shape index (κ1) is 8.08. The van der Waals surface area contributed by atoms with E-state index in [1.165, 1.54) is 10.5 Å². The minimum atomic E-state index is 0.723. The number of aromatic nitrogens is 1. The third kappa shape index (κ3) is 1.62. The fourth-order valence-electron chi connectivity index (χ4n) is 1.38. The molecule has 0 spiro atoms. The van der Waals surface area contributed by atoms with E-state index in [-0.39, 0.29) is 0 Å². The van der Waals surface area contributed by atoms with Gasteiger partial charge < -0.3 is 0 Å². The highest BCUT2D eigenvalue weighted by atomic mass is 32.2. The summed E-state index contributed by atoms with van der Waals surface area (Å²) in [6.45, 7) is 3.35. The zero-order chi connectivity index (χ0) is 8.39. The molecule has 0 radical (unpaired) electrons. The molecule has 0 amide bonds. The second-order valence-electron chi connectivity index (χ2n) is 3.24. The predicted octanol–water partition coefficient (Wildman–Crippen LogP) is 1.87. The molecule has 1 N–H and O–H groups in total. The molecule has 1 aliphatic rings. The van der Waals surface area contributed by atoms with Gasteiger partial charge in [-0.25, -0.2) is 0 Å². The lowest BCUT2D eigenvalue weighted by molar-refractivity contribution is 0.578. The molecule has 64 valence electrons. The van der Waals surface area contributed by atoms with Gasteiger partial charge >= 0.3 is 0 Å². The maximum absolute atomic E-state index is 4.10. The zero-order valence-electron chi connectivity index (χ0n) is 7.08. The van der Waals surface area contributed by atoms with Gasteiger partial charge in [0.05, 0.1) is 0 Å². The van der Waals surface area contributed by atoms with Crippen molar-refractivity contribution in [2.45, 2.75) is 18.2 Å². The molecule has 1 atom stereocenters. The second-order valence-corrected chi connectivity index (χ2v) is 4.18. The predicted molar refractivity (Wildman–Crippen MR) is 51.0 cm³/mol. The van der Waals surface area contributed by atoms with Crippen molar-refractivity contribution in [2.75, 3.05) is 6.54 Å². The Morgan fingerprint density at radius 2 is 2.58 bits per heavy atom. The summed E-state index contributed by atoms with van der Waals surface area (Å²) in [5.74, 6) is 0.723. The molecule has 0 unspecified atom stereocenters. The Labute approximate surface area is 76.9 Å². The normalized spacial score (nSPS) is 22.9. The Balaban J connectivity index is 2.31. The van der Waals surface area contributed by atoms with Crippen molar-refractivity contribution >= 4 is 11.9 Å². The van der Waals surface area contributed by atoms with Gasteiger partial charge in [0.1, 0.15) is 0 Å². The van der Waals surface area contributed by atoms with Gasteiger partial charge in [-0.3, -0.25) is 9.71 Å². The molecular formula is C9H12N2S. The summed E-state index contributed by atoms with van der Waals surface area (Å²) in [5.41, 5.74) is 1.42. The highest BCUT2D eigenvalue weighted by Crippen LogP contribution is 2.24. The monoisotopic (exact) mass is 180 g/mol. The van der Waals surface area contributed by atoms with Crippen LogP contribution in [0.25, 0.3) is 0 Å². The van der Waals surface area contributed by atoms with Crippen molar-refractivity contribution in [3.05, 3.63) is 24.0 Å². The van der Waals surface area contributed by atoms with Crippen LogP contribution in [-0.4, -0.2) is 11.5 Å². The first-order valence-corrected chi connectivity index (χ1v) is 5.00. The molecule has 0 saturated heterocycles. The number of hydrogen-bond donors (Lipinski definition) is 1. The van der Waals surface area contributed by atoms with Gasteiger partial charge in [0, 0.05) is 23.8 Å². The van der Waals surface area contributed by atoms with Crippen LogP contribution >= 0.6 is 11.9 Å². The molecule has 1 aromatic heterocycles. The van der Waals surface area contributed by atoms with Crippen LogP contribution in [0.2, 0.25) is 0 Å². The fourth-order valence-corrected chi connectivity index (χ4v) is 2.30. The van der Waals surface area contributed by atoms with Gasteiger partial charge in [-0.15, -0.1) is 0 Å². The molecule has 1 aromatic rings. The molecule has 12 heavy (non-hydrogen) atoms. The first-order chi connectivity index (χ1) is 5.86. The van der Waals surface area contributed by atoms with Gasteiger partial charge in [-0.1, -0.05) is 6.92 Å². The molecule has 3 heteroatoms. The van der Waals surface area contributed by atoms with Crippen LogP contribution in [0.4, 0.5) is 0 Å². The number of hydrogen-bond acceptors (Lipinski definition) is 3. The van der Waals surface area contributed by atoms with Gasteiger partial charge in [0.2, 0.25) is 0 Å². The summed E-state index contributed by atoms with van der Waals surface area (Å²) >= 11 is 1.70. The highest BCUT2D eigenvalue weighted by molar-refractivity contribution is 7.97. The Morgan fingerprint density at radius 3 is 3.50 bits per heavy atom. The van der Waals surface area contributed by atoms with Crippen molar-refractivity contribution < 1.29 is 0 Å². The average Bonchev–Trinajstić information content (AvgIpc) is 2.25. The molecule has 1 aliphatic heterocycles. The van der Waals surface area contributed by atoms with Crippen molar-refractivity contribution in [3.63, 3.8) is 0 Å². The number of nitrogens with zero attached hydrogens (tertiary/aromatic N) is 1. The maximum atomic E-state index is 4.10. The minimum absolute atomic E-state index is 0.723. The van der Waals surface area contributed by atoms with Crippen LogP contribution < -0.4 is 4.72 Å². The number of rotatable bonds is 0. The summed E-state index contributed by atoms with van der Waals surface area (Å²) in [5, 5.41) is 0. The number of pyridine rings is 1. The van der Waals surface area contributed by atoms with Crippen LogP contribution in [0.15, 0.2) is 23.4 Å². The molecule has 2 rings (SSSR count). The topological polar surface area (TPSA) is 24.9 Å². The molecular weight excluding hydrogens is 168 g/mol. The fraction of sp³-hybridized carbons (Fsp3) is 0.444. The van der Waals surface area contributed by atoms with Crippen LogP contribution in [0, 0.1) is 5.92 Å². The quantitative estimate of drug-likeness (QED) is 0.617. The Bertz CT molecular complexity index is 275. The van der Waals surface area contributed by atoms with Crippen molar-refractivity contribution in [2.24, 2.45) is 5.92 Å². The van der Waals surface area contributed by atoms with E-state index in [0.717, 1.165) is 18.9 Å². The Morgan fingerprint density at radius 1 is 1.67 bits per heavy atom. The van der Waals surface area contributed by atoms with Gasteiger partial charge in [0.15, 0.2) is 0 Å². The molecule has 2 heterocycles. The second kappa shape index (κ2) is 3.46. The number of fused-ring (bicyclic) bond motifs is 1. The zero-order valence-corrected chi connectivity index (χ0v) is 7.90. The first-order valence-electron chi connectivity index (χ1n) is 4.19. The lowest BCUT2D eigenvalue weighted by Gasteiger charge is -2.05. The van der Waals surface area contributed by atoms with Gasteiger partial charge in [-0.2, -0.15) is 0 Å². The van der Waals surface area contributed by atoms with E-state index in [2.05, 4.69) is 22.7 Å². The van der Waals surface area contributed by atoms with Crippen LogP contribution in [0.1, 0.15) is 12.5 Å². The Kier molecular flexibility index (Phi) is 2.33. The summed E-state index contributed by atoms with van der Waals surface area (Å²) in [6, 6.07) is 2.12. The highest BCUT2D eigenvalue weighted by Gasteiger charge is 2.12. The Hall–Kier alpha value is -0.540. The minimum Gasteiger partial charge on any atom is -0.263 e. The lowest BCUT2D eigenvalue weighted by atomic mass is 10.0. The smallest absolute Gasteiger partial charge is 0.0443 e. The van der Waals surface area contributed by atoms with Crippen molar-refractivity contribution in [1.82, 2.24) is 9.71 Å². The van der Waals surface area contributed by atoms with E-state index in [9.17, 15) is 0 Å². The summed E-state index contributed by atoms with van der Waals surface area (Å²) in [6.07, 6.45) is 4.97. The van der Waals surface area contributed by atoms with Crippen LogP contribution in [0.5, 0.6) is 0 Å². The molecule has 0 fully saturated rings. The molecule has 2 nitrogen and oxygen atoms in total. The largest absolute Gasteiger partial charge is 0.263 e. The summed E-state index contributed by atoms with van der Waals surface area (Å²) in [7, 11) is 0. The standard InChI is InChI=1S/C9H12N2S/c1-7-4-8-2-3-10-6-9(8)12-11-5-7/h2-3,6-7,11H,4-5H2,1H3/t7-/m0/s1. The molecule has 0 aromatic carbocycles. The lowest BCUT2D eigenvalue weighted by Crippen LogP contribution is -2.12. The van der Waals surface area contributed by atoms with E-state index in [1.807, 2.05) is 12.4 Å². The van der Waals surface area contributed by atoms with Gasteiger partial charge in [0.25, 0.3) is 0 Å². The van der Waals surface area contributed by atoms with E-state index in [4.69, 9.17) is 0 Å². The van der Waals surface area contributed by atoms with E-state index in [0.29, 0.717) is 0 Å². The van der Waals surface area contributed by atoms with Crippen LogP contribution in [0.3, 0.4) is 0 Å². The summed E-state index contributed by atoms with van der Waals surface area (Å²) in [4.78, 5) is 5.38.